The minimum atomic E-state index is 0.458. The normalized spacial score (nSPS) is 17.8. The van der Waals surface area contributed by atoms with Crippen LogP contribution in [0.5, 0.6) is 0 Å². The van der Waals surface area contributed by atoms with Gasteiger partial charge in [0.2, 0.25) is 0 Å². The maximum Gasteiger partial charge on any atom is 0.129 e. The summed E-state index contributed by atoms with van der Waals surface area (Å²) in [6, 6.07) is 1.89. The standard InChI is InChI=1S/C10H16N4/c11-5-4-10(2-3-10)7-13-9-1-6-12-8-14-9/h1,6,8H,2-5,7,11H2,(H,12,13,14). The van der Waals surface area contributed by atoms with E-state index >= 15 is 0 Å². The molecule has 14 heavy (non-hydrogen) atoms. The fourth-order valence-electron chi connectivity index (χ4n) is 1.67. The van der Waals surface area contributed by atoms with Gasteiger partial charge >= 0.3 is 0 Å². The third kappa shape index (κ3) is 2.20. The van der Waals surface area contributed by atoms with Crippen LogP contribution in [0.25, 0.3) is 0 Å². The van der Waals surface area contributed by atoms with E-state index in [1.807, 2.05) is 6.07 Å². The van der Waals surface area contributed by atoms with Gasteiger partial charge in [-0.25, -0.2) is 9.97 Å². The highest BCUT2D eigenvalue weighted by molar-refractivity contribution is 5.32. The van der Waals surface area contributed by atoms with Gasteiger partial charge < -0.3 is 11.1 Å². The highest BCUT2D eigenvalue weighted by Gasteiger charge is 2.41. The van der Waals surface area contributed by atoms with Gasteiger partial charge in [-0.1, -0.05) is 0 Å². The molecule has 0 atom stereocenters. The largest absolute Gasteiger partial charge is 0.369 e. The molecule has 0 saturated heterocycles. The van der Waals surface area contributed by atoms with E-state index in [1.54, 1.807) is 12.5 Å². The van der Waals surface area contributed by atoms with Crippen molar-refractivity contribution in [1.82, 2.24) is 9.97 Å². The minimum Gasteiger partial charge on any atom is -0.369 e. The van der Waals surface area contributed by atoms with Crippen LogP contribution in [0.2, 0.25) is 0 Å². The lowest BCUT2D eigenvalue weighted by molar-refractivity contribution is 0.500. The van der Waals surface area contributed by atoms with Crippen molar-refractivity contribution in [3.8, 4) is 0 Å². The first-order chi connectivity index (χ1) is 6.85. The SMILES string of the molecule is NCCC1(CNc2ccncn2)CC1. The van der Waals surface area contributed by atoms with Gasteiger partial charge in [-0.2, -0.15) is 0 Å². The Hall–Kier alpha value is -1.16. The molecule has 4 nitrogen and oxygen atoms in total. The first kappa shape index (κ1) is 9.40. The number of hydrogen-bond donors (Lipinski definition) is 2. The molecule has 0 unspecified atom stereocenters. The van der Waals surface area contributed by atoms with Gasteiger partial charge in [0.1, 0.15) is 12.1 Å². The van der Waals surface area contributed by atoms with Crippen molar-refractivity contribution in [3.63, 3.8) is 0 Å². The molecule has 1 aromatic heterocycles. The molecule has 1 fully saturated rings. The van der Waals surface area contributed by atoms with Gasteiger partial charge in [0.05, 0.1) is 0 Å². The number of hydrogen-bond acceptors (Lipinski definition) is 4. The van der Waals surface area contributed by atoms with Crippen LogP contribution in [-0.4, -0.2) is 23.1 Å². The molecule has 0 radical (unpaired) electrons. The van der Waals surface area contributed by atoms with Crippen molar-refractivity contribution in [3.05, 3.63) is 18.6 Å². The molecule has 1 heterocycles. The van der Waals surface area contributed by atoms with Crippen molar-refractivity contribution in [2.24, 2.45) is 11.1 Å². The highest BCUT2D eigenvalue weighted by Crippen LogP contribution is 2.48. The maximum atomic E-state index is 5.57. The molecule has 0 amide bonds. The summed E-state index contributed by atoms with van der Waals surface area (Å²) in [7, 11) is 0. The van der Waals surface area contributed by atoms with Crippen LogP contribution in [-0.2, 0) is 0 Å². The summed E-state index contributed by atoms with van der Waals surface area (Å²) in [6.07, 6.45) is 7.01. The van der Waals surface area contributed by atoms with Gasteiger partial charge in [0, 0.05) is 12.7 Å². The Kier molecular flexibility index (Phi) is 2.63. The van der Waals surface area contributed by atoms with Crippen LogP contribution in [0, 0.1) is 5.41 Å². The predicted octanol–water partition coefficient (Wildman–Crippen LogP) is 1.02. The van der Waals surface area contributed by atoms with Crippen LogP contribution in [0.3, 0.4) is 0 Å². The summed E-state index contributed by atoms with van der Waals surface area (Å²) < 4.78 is 0. The maximum absolute atomic E-state index is 5.57. The average molecular weight is 192 g/mol. The van der Waals surface area contributed by atoms with E-state index in [0.29, 0.717) is 5.41 Å². The Bertz CT molecular complexity index is 281. The van der Waals surface area contributed by atoms with Crippen LogP contribution < -0.4 is 11.1 Å². The summed E-state index contributed by atoms with van der Waals surface area (Å²) >= 11 is 0. The number of nitrogens with one attached hydrogen (secondary N) is 1. The van der Waals surface area contributed by atoms with E-state index in [-0.39, 0.29) is 0 Å². The quantitative estimate of drug-likeness (QED) is 0.731. The monoisotopic (exact) mass is 192 g/mol. The Morgan fingerprint density at radius 3 is 2.93 bits per heavy atom. The molecule has 1 aliphatic carbocycles. The van der Waals surface area contributed by atoms with Crippen molar-refractivity contribution in [2.45, 2.75) is 19.3 Å². The van der Waals surface area contributed by atoms with E-state index in [1.165, 1.54) is 12.8 Å². The van der Waals surface area contributed by atoms with E-state index < -0.39 is 0 Å². The first-order valence-electron chi connectivity index (χ1n) is 5.05. The van der Waals surface area contributed by atoms with Crippen molar-refractivity contribution in [1.29, 1.82) is 0 Å². The predicted molar refractivity (Wildman–Crippen MR) is 55.9 cm³/mol. The molecule has 3 N–H and O–H groups in total. The van der Waals surface area contributed by atoms with Gasteiger partial charge in [-0.3, -0.25) is 0 Å². The second-order valence-corrected chi connectivity index (χ2v) is 3.99. The van der Waals surface area contributed by atoms with Gasteiger partial charge in [0.15, 0.2) is 0 Å². The third-order valence-corrected chi connectivity index (χ3v) is 2.86. The van der Waals surface area contributed by atoms with Gasteiger partial charge in [0.25, 0.3) is 0 Å². The second-order valence-electron chi connectivity index (χ2n) is 3.99. The van der Waals surface area contributed by atoms with Crippen LogP contribution in [0.15, 0.2) is 18.6 Å². The van der Waals surface area contributed by atoms with Crippen molar-refractivity contribution >= 4 is 5.82 Å². The minimum absolute atomic E-state index is 0.458. The van der Waals surface area contributed by atoms with E-state index in [4.69, 9.17) is 5.73 Å². The zero-order chi connectivity index (χ0) is 9.86. The summed E-state index contributed by atoms with van der Waals surface area (Å²) in [6.45, 7) is 1.77. The van der Waals surface area contributed by atoms with Gasteiger partial charge in [-0.15, -0.1) is 0 Å². The van der Waals surface area contributed by atoms with Crippen LogP contribution in [0.4, 0.5) is 5.82 Å². The topological polar surface area (TPSA) is 63.8 Å². The number of nitrogens with zero attached hydrogens (tertiary/aromatic N) is 2. The molecule has 1 aromatic rings. The Balaban J connectivity index is 1.83. The van der Waals surface area contributed by atoms with E-state index in [2.05, 4.69) is 15.3 Å². The number of rotatable bonds is 5. The molecule has 0 bridgehead atoms. The molecule has 1 saturated carbocycles. The lowest BCUT2D eigenvalue weighted by atomic mass is 10.0. The van der Waals surface area contributed by atoms with E-state index in [0.717, 1.165) is 25.3 Å². The summed E-state index contributed by atoms with van der Waals surface area (Å²) in [5, 5.41) is 3.33. The molecular weight excluding hydrogens is 176 g/mol. The molecule has 4 heteroatoms. The van der Waals surface area contributed by atoms with E-state index in [9.17, 15) is 0 Å². The highest BCUT2D eigenvalue weighted by atomic mass is 15.0. The Morgan fingerprint density at radius 2 is 2.36 bits per heavy atom. The van der Waals surface area contributed by atoms with Crippen LogP contribution in [0.1, 0.15) is 19.3 Å². The molecular formula is C10H16N4. The lowest BCUT2D eigenvalue weighted by Crippen LogP contribution is -2.19. The first-order valence-corrected chi connectivity index (χ1v) is 5.05. The molecule has 0 aromatic carbocycles. The zero-order valence-electron chi connectivity index (χ0n) is 8.24. The molecule has 0 spiro atoms. The Labute approximate surface area is 83.9 Å². The number of anilines is 1. The fourth-order valence-corrected chi connectivity index (χ4v) is 1.67. The molecule has 1 aliphatic rings. The van der Waals surface area contributed by atoms with Crippen LogP contribution >= 0.6 is 0 Å². The van der Waals surface area contributed by atoms with Crippen molar-refractivity contribution < 1.29 is 0 Å². The fraction of sp³-hybridized carbons (Fsp3) is 0.600. The number of aromatic nitrogens is 2. The molecule has 76 valence electrons. The average Bonchev–Trinajstić information content (AvgIpc) is 2.98. The smallest absolute Gasteiger partial charge is 0.129 e. The lowest BCUT2D eigenvalue weighted by Gasteiger charge is -2.14. The second kappa shape index (κ2) is 3.92. The Morgan fingerprint density at radius 1 is 1.50 bits per heavy atom. The molecule has 0 aliphatic heterocycles. The summed E-state index contributed by atoms with van der Waals surface area (Å²) in [4.78, 5) is 7.99. The van der Waals surface area contributed by atoms with Crippen molar-refractivity contribution in [2.75, 3.05) is 18.4 Å². The van der Waals surface area contributed by atoms with Gasteiger partial charge in [-0.05, 0) is 37.3 Å². The number of nitrogens with two attached hydrogens (primary N) is 1. The third-order valence-electron chi connectivity index (χ3n) is 2.86. The zero-order valence-corrected chi connectivity index (χ0v) is 8.24. The summed E-state index contributed by atoms with van der Waals surface area (Å²) in [5.74, 6) is 0.906. The summed E-state index contributed by atoms with van der Waals surface area (Å²) in [5.41, 5.74) is 6.03. The molecule has 2 rings (SSSR count).